The molecule has 0 N–H and O–H groups in total. The van der Waals surface area contributed by atoms with Gasteiger partial charge in [-0.05, 0) is 53.9 Å². The van der Waals surface area contributed by atoms with E-state index in [1.54, 1.807) is 0 Å². The molecule has 0 aliphatic rings. The number of aromatic nitrogens is 1. The van der Waals surface area contributed by atoms with Crippen molar-refractivity contribution in [3.05, 3.63) is 59.9 Å². The maximum absolute atomic E-state index is 4.02. The van der Waals surface area contributed by atoms with Gasteiger partial charge in [0.2, 0.25) is 0 Å². The van der Waals surface area contributed by atoms with Gasteiger partial charge < -0.3 is 0 Å². The maximum atomic E-state index is 4.02. The van der Waals surface area contributed by atoms with Gasteiger partial charge >= 0.3 is 0 Å². The van der Waals surface area contributed by atoms with Gasteiger partial charge in [-0.15, -0.1) is 0 Å². The lowest BCUT2D eigenvalue weighted by atomic mass is 10.1. The third-order valence-corrected chi connectivity index (χ3v) is 3.55. The second-order valence-corrected chi connectivity index (χ2v) is 5.61. The molecule has 2 nitrogen and oxygen atoms in total. The molecule has 0 saturated heterocycles. The normalized spacial score (nSPS) is 11.9. The van der Waals surface area contributed by atoms with E-state index < -0.39 is 0 Å². The van der Waals surface area contributed by atoms with E-state index in [1.165, 1.54) is 23.2 Å². The van der Waals surface area contributed by atoms with Gasteiger partial charge in [0.05, 0.1) is 20.6 Å². The van der Waals surface area contributed by atoms with E-state index in [-0.39, 0.29) is 0 Å². The van der Waals surface area contributed by atoms with E-state index in [1.807, 2.05) is 24.5 Å². The highest BCUT2D eigenvalue weighted by Crippen LogP contribution is 2.20. The van der Waals surface area contributed by atoms with Crippen LogP contribution in [0, 0.1) is 0 Å². The Kier molecular flexibility index (Phi) is 4.70. The summed E-state index contributed by atoms with van der Waals surface area (Å²) in [6.07, 6.45) is 9.07. The first-order valence-corrected chi connectivity index (χ1v) is 7.13. The number of quaternary nitrogens is 1. The Hall–Kier alpha value is -1.93. The van der Waals surface area contributed by atoms with Crippen molar-refractivity contribution in [2.75, 3.05) is 20.6 Å². The summed E-state index contributed by atoms with van der Waals surface area (Å²) in [5.41, 5.74) is 3.75. The van der Waals surface area contributed by atoms with Crippen LogP contribution >= 0.6 is 0 Å². The quantitative estimate of drug-likeness (QED) is 0.739. The summed E-state index contributed by atoms with van der Waals surface area (Å²) in [6.45, 7) is 3.39. The van der Waals surface area contributed by atoms with E-state index in [9.17, 15) is 0 Å². The van der Waals surface area contributed by atoms with Crippen molar-refractivity contribution in [2.45, 2.75) is 13.3 Å². The standard InChI is InChI=1S/C18H23N2/c1-4-15-20(2,3)18-9-7-16(8-10-18)5-6-17-11-13-19-14-12-17/h5-14H,4,15H2,1-3H3/q+1/b6-5+. The molecule has 1 aromatic heterocycles. The number of pyridine rings is 1. The van der Waals surface area contributed by atoms with Gasteiger partial charge in [-0.2, -0.15) is 0 Å². The average molecular weight is 267 g/mol. The summed E-state index contributed by atoms with van der Waals surface area (Å²) in [7, 11) is 4.51. The molecule has 0 aliphatic carbocycles. The fourth-order valence-corrected chi connectivity index (χ4v) is 2.34. The first-order valence-electron chi connectivity index (χ1n) is 7.13. The van der Waals surface area contributed by atoms with Crippen LogP contribution in [0.4, 0.5) is 5.69 Å². The average Bonchev–Trinajstić information content (AvgIpc) is 2.47. The summed E-state index contributed by atoms with van der Waals surface area (Å²) in [4.78, 5) is 4.02. The van der Waals surface area contributed by atoms with E-state index >= 15 is 0 Å². The molecule has 0 saturated carbocycles. The minimum absolute atomic E-state index is 0.935. The Morgan fingerprint density at radius 3 is 2.00 bits per heavy atom. The zero-order chi connectivity index (χ0) is 14.4. The lowest BCUT2D eigenvalue weighted by Crippen LogP contribution is -2.40. The van der Waals surface area contributed by atoms with Crippen molar-refractivity contribution in [3.63, 3.8) is 0 Å². The van der Waals surface area contributed by atoms with Crippen LogP contribution in [0.5, 0.6) is 0 Å². The first kappa shape index (κ1) is 14.5. The van der Waals surface area contributed by atoms with Crippen LogP contribution in [-0.2, 0) is 0 Å². The Bertz CT molecular complexity index is 554. The Labute approximate surface area is 122 Å². The lowest BCUT2D eigenvalue weighted by Gasteiger charge is -2.28. The van der Waals surface area contributed by atoms with Crippen molar-refractivity contribution < 1.29 is 0 Å². The molecule has 0 bridgehead atoms. The molecule has 0 amide bonds. The van der Waals surface area contributed by atoms with Gasteiger partial charge in [0, 0.05) is 12.4 Å². The van der Waals surface area contributed by atoms with Crippen LogP contribution in [0.15, 0.2) is 48.8 Å². The van der Waals surface area contributed by atoms with E-state index in [0.717, 1.165) is 11.0 Å². The minimum Gasteiger partial charge on any atom is -0.296 e. The Morgan fingerprint density at radius 1 is 0.900 bits per heavy atom. The monoisotopic (exact) mass is 267 g/mol. The minimum atomic E-state index is 0.935. The van der Waals surface area contributed by atoms with Crippen molar-refractivity contribution in [3.8, 4) is 0 Å². The highest BCUT2D eigenvalue weighted by atomic mass is 15.3. The second-order valence-electron chi connectivity index (χ2n) is 5.61. The highest BCUT2D eigenvalue weighted by molar-refractivity contribution is 5.70. The second kappa shape index (κ2) is 6.49. The highest BCUT2D eigenvalue weighted by Gasteiger charge is 2.16. The molecule has 0 spiro atoms. The largest absolute Gasteiger partial charge is 0.296 e. The summed E-state index contributed by atoms with van der Waals surface area (Å²) in [6, 6.07) is 12.8. The predicted octanol–water partition coefficient (Wildman–Crippen LogP) is 4.23. The smallest absolute Gasteiger partial charge is 0.132 e. The molecule has 0 unspecified atom stereocenters. The molecule has 0 aliphatic heterocycles. The molecule has 0 atom stereocenters. The van der Waals surface area contributed by atoms with Gasteiger partial charge in [-0.25, -0.2) is 0 Å². The first-order chi connectivity index (χ1) is 9.62. The van der Waals surface area contributed by atoms with Crippen LogP contribution in [0.2, 0.25) is 0 Å². The fraction of sp³-hybridized carbons (Fsp3) is 0.278. The summed E-state index contributed by atoms with van der Waals surface area (Å²) in [5, 5.41) is 0. The summed E-state index contributed by atoms with van der Waals surface area (Å²) >= 11 is 0. The van der Waals surface area contributed by atoms with Crippen molar-refractivity contribution in [1.29, 1.82) is 0 Å². The molecule has 0 fully saturated rings. The summed E-state index contributed by atoms with van der Waals surface area (Å²) in [5.74, 6) is 0. The van der Waals surface area contributed by atoms with Crippen LogP contribution < -0.4 is 4.48 Å². The zero-order valence-electron chi connectivity index (χ0n) is 12.6. The van der Waals surface area contributed by atoms with E-state index in [0.29, 0.717) is 0 Å². The number of nitrogens with zero attached hydrogens (tertiary/aromatic N) is 2. The molecule has 104 valence electrons. The number of hydrogen-bond acceptors (Lipinski definition) is 1. The Balaban J connectivity index is 2.11. The maximum Gasteiger partial charge on any atom is 0.132 e. The van der Waals surface area contributed by atoms with Crippen LogP contribution in [0.25, 0.3) is 12.2 Å². The summed E-state index contributed by atoms with van der Waals surface area (Å²) < 4.78 is 0.935. The lowest BCUT2D eigenvalue weighted by molar-refractivity contribution is 0.398. The predicted molar refractivity (Wildman–Crippen MR) is 88.4 cm³/mol. The van der Waals surface area contributed by atoms with Gasteiger partial charge in [-0.1, -0.05) is 19.1 Å². The molecular formula is C18H23N2+. The number of benzene rings is 1. The molecule has 1 heterocycles. The third kappa shape index (κ3) is 3.78. The van der Waals surface area contributed by atoms with Crippen molar-refractivity contribution >= 4 is 17.8 Å². The SMILES string of the molecule is CCC[N+](C)(C)c1ccc(/C=C/c2ccncc2)cc1. The Morgan fingerprint density at radius 2 is 1.45 bits per heavy atom. The topological polar surface area (TPSA) is 12.9 Å². The molecule has 2 heteroatoms. The fourth-order valence-electron chi connectivity index (χ4n) is 2.34. The van der Waals surface area contributed by atoms with Crippen LogP contribution in [-0.4, -0.2) is 25.6 Å². The van der Waals surface area contributed by atoms with Gasteiger partial charge in [-0.3, -0.25) is 9.47 Å². The van der Waals surface area contributed by atoms with Crippen molar-refractivity contribution in [1.82, 2.24) is 9.47 Å². The molecular weight excluding hydrogens is 244 g/mol. The number of rotatable bonds is 5. The van der Waals surface area contributed by atoms with E-state index in [4.69, 9.17) is 0 Å². The molecule has 20 heavy (non-hydrogen) atoms. The van der Waals surface area contributed by atoms with Gasteiger partial charge in [0.25, 0.3) is 0 Å². The van der Waals surface area contributed by atoms with Crippen LogP contribution in [0.3, 0.4) is 0 Å². The molecule has 0 radical (unpaired) electrons. The van der Waals surface area contributed by atoms with Crippen LogP contribution in [0.1, 0.15) is 24.5 Å². The third-order valence-electron chi connectivity index (χ3n) is 3.55. The zero-order valence-corrected chi connectivity index (χ0v) is 12.6. The number of hydrogen-bond donors (Lipinski definition) is 0. The molecule has 2 rings (SSSR count). The van der Waals surface area contributed by atoms with E-state index in [2.05, 4.69) is 62.4 Å². The molecule has 1 aromatic carbocycles. The van der Waals surface area contributed by atoms with Gasteiger partial charge in [0.1, 0.15) is 5.69 Å². The van der Waals surface area contributed by atoms with Crippen molar-refractivity contribution in [2.24, 2.45) is 0 Å². The van der Waals surface area contributed by atoms with Gasteiger partial charge in [0.15, 0.2) is 0 Å². The molecule has 2 aromatic rings.